The number of hydrogen-bond acceptors (Lipinski definition) is 13. The Balaban J connectivity index is 0.000000294. The third-order valence-electron chi connectivity index (χ3n) is 10.0. The largest absolute Gasteiger partial charge is 0.495 e. The molecule has 0 aromatic heterocycles. The monoisotopic (exact) mass is 834 g/mol. The molecule has 3 aliphatic heterocycles. The van der Waals surface area contributed by atoms with Gasteiger partial charge in [-0.3, -0.25) is 0 Å². The van der Waals surface area contributed by atoms with Gasteiger partial charge in [0.2, 0.25) is 0 Å². The summed E-state index contributed by atoms with van der Waals surface area (Å²) >= 11 is 0. The Kier molecular flexibility index (Phi) is 19.5. The minimum atomic E-state index is -0.838. The lowest BCUT2D eigenvalue weighted by Gasteiger charge is -2.32. The highest BCUT2D eigenvalue weighted by molar-refractivity contribution is 6.62. The summed E-state index contributed by atoms with van der Waals surface area (Å²) in [5.74, 6) is 5.11. The van der Waals surface area contributed by atoms with E-state index in [1.807, 2.05) is 71.0 Å². The van der Waals surface area contributed by atoms with Crippen LogP contribution in [0.25, 0.3) is 0 Å². The Labute approximate surface area is 357 Å². The van der Waals surface area contributed by atoms with Crippen LogP contribution < -0.4 is 39.3 Å². The molecule has 0 spiro atoms. The van der Waals surface area contributed by atoms with Crippen molar-refractivity contribution >= 4 is 25.2 Å². The van der Waals surface area contributed by atoms with Crippen molar-refractivity contribution in [3.8, 4) is 46.0 Å². The molecule has 60 heavy (non-hydrogen) atoms. The predicted molar refractivity (Wildman–Crippen MR) is 235 cm³/mol. The minimum absolute atomic E-state index is 0. The van der Waals surface area contributed by atoms with E-state index < -0.39 is 25.4 Å². The van der Waals surface area contributed by atoms with Crippen molar-refractivity contribution in [2.45, 2.75) is 86.7 Å². The molecular formula is C45H64B2O13. The number of rotatable bonds is 14. The van der Waals surface area contributed by atoms with Gasteiger partial charge in [0.15, 0.2) is 23.0 Å². The number of benzene rings is 4. The van der Waals surface area contributed by atoms with Crippen LogP contribution in [-0.2, 0) is 41.4 Å². The molecular weight excluding hydrogens is 770 g/mol. The van der Waals surface area contributed by atoms with Crippen molar-refractivity contribution in [1.82, 2.24) is 0 Å². The molecule has 0 unspecified atom stereocenters. The van der Waals surface area contributed by atoms with E-state index in [0.717, 1.165) is 35.3 Å². The van der Waals surface area contributed by atoms with E-state index in [-0.39, 0.29) is 21.6 Å². The molecule has 3 heterocycles. The van der Waals surface area contributed by atoms with Gasteiger partial charge in [0, 0.05) is 32.0 Å². The van der Waals surface area contributed by atoms with Gasteiger partial charge in [0.05, 0.1) is 52.9 Å². The topological polar surface area (TPSA) is 131 Å². The van der Waals surface area contributed by atoms with Crippen molar-refractivity contribution < 1.29 is 61.6 Å². The molecule has 7 rings (SSSR count). The number of methoxy groups -OCH3 is 4. The highest BCUT2D eigenvalue weighted by Crippen LogP contribution is 2.38. The maximum absolute atomic E-state index is 9.59. The first-order chi connectivity index (χ1) is 27.9. The van der Waals surface area contributed by atoms with E-state index in [1.165, 1.54) is 12.8 Å². The van der Waals surface area contributed by atoms with Crippen LogP contribution in [0.2, 0.25) is 0 Å². The first kappa shape index (κ1) is 49.9. The molecule has 2 fully saturated rings. The second kappa shape index (κ2) is 23.5. The van der Waals surface area contributed by atoms with E-state index in [9.17, 15) is 5.02 Å². The predicted octanol–water partition coefficient (Wildman–Crippen LogP) is 8.09. The van der Waals surface area contributed by atoms with E-state index in [0.29, 0.717) is 65.8 Å². The molecule has 328 valence electrons. The summed E-state index contributed by atoms with van der Waals surface area (Å²) in [5, 5.41) is 9.59. The highest BCUT2D eigenvalue weighted by atomic mass is 16.7. The van der Waals surface area contributed by atoms with Crippen LogP contribution in [0.15, 0.2) is 72.8 Å². The molecule has 0 atom stereocenters. The fourth-order valence-corrected chi connectivity index (χ4v) is 6.08. The molecule has 2 saturated heterocycles. The van der Waals surface area contributed by atoms with Gasteiger partial charge in [-0.2, -0.15) is 0 Å². The average molecular weight is 835 g/mol. The first-order valence-corrected chi connectivity index (χ1v) is 19.4. The van der Waals surface area contributed by atoms with E-state index in [4.69, 9.17) is 56.6 Å². The number of fused-ring (bicyclic) bond motifs is 1. The van der Waals surface area contributed by atoms with Gasteiger partial charge in [-0.15, -0.1) is 0 Å². The van der Waals surface area contributed by atoms with Crippen LogP contribution in [-0.4, -0.2) is 85.5 Å². The minimum Gasteiger partial charge on any atom is -0.493 e. The quantitative estimate of drug-likeness (QED) is 0.0747. The lowest BCUT2D eigenvalue weighted by molar-refractivity contribution is -0.0570. The summed E-state index contributed by atoms with van der Waals surface area (Å²) in [6, 6.07) is 22.0. The van der Waals surface area contributed by atoms with Crippen molar-refractivity contribution in [2.75, 3.05) is 55.1 Å². The maximum Gasteiger partial charge on any atom is 0.495 e. The molecule has 15 heteroatoms. The van der Waals surface area contributed by atoms with Gasteiger partial charge >= 0.3 is 14.2 Å². The summed E-state index contributed by atoms with van der Waals surface area (Å²) in [4.78, 5) is 0. The third kappa shape index (κ3) is 13.0. The van der Waals surface area contributed by atoms with Crippen LogP contribution in [0.5, 0.6) is 46.0 Å². The summed E-state index contributed by atoms with van der Waals surface area (Å²) in [7, 11) is 5.02. The molecule has 4 aromatic carbocycles. The van der Waals surface area contributed by atoms with Crippen molar-refractivity contribution in [1.29, 1.82) is 0 Å². The van der Waals surface area contributed by atoms with Crippen LogP contribution in [0, 0.1) is 0 Å². The molecule has 0 saturated carbocycles. The summed E-state index contributed by atoms with van der Waals surface area (Å²) < 4.78 is 66.6. The van der Waals surface area contributed by atoms with Gasteiger partial charge in [-0.1, -0.05) is 27.0 Å². The fraction of sp³-hybridized carbons (Fsp3) is 0.467. The second-order valence-corrected chi connectivity index (χ2v) is 14.5. The van der Waals surface area contributed by atoms with Crippen LogP contribution >= 0.6 is 0 Å². The first-order valence-electron chi connectivity index (χ1n) is 19.4. The standard InChI is InChI=1S/C24H33BO7.C15H15BO5.C4H8O.2CH4/c1-8-28-16-29-15-17-13-18(30-19-10-12-21(26-6)22(14-19)27-7)9-11-20(17)25-31-23(2,3)24(4,5)32-25;1-18-14-6-4-12(8-15(14)19-2)21-11-3-5-13-10(7-11)9-20-16(13)17;1-2-4-5-3-1;;/h9-14H,8,15-16H2,1-7H3;3-8,17H,9H2,1-2H3;1-4H2;2*1H4. The highest BCUT2D eigenvalue weighted by Gasteiger charge is 2.52. The zero-order valence-electron chi connectivity index (χ0n) is 35.1. The lowest BCUT2D eigenvalue weighted by Crippen LogP contribution is -2.41. The van der Waals surface area contributed by atoms with E-state index in [1.54, 1.807) is 64.8 Å². The summed E-state index contributed by atoms with van der Waals surface area (Å²) in [5.41, 5.74) is 2.66. The Morgan fingerprint density at radius 3 is 1.58 bits per heavy atom. The zero-order valence-corrected chi connectivity index (χ0v) is 35.1. The van der Waals surface area contributed by atoms with Gasteiger partial charge in [0.1, 0.15) is 29.8 Å². The summed E-state index contributed by atoms with van der Waals surface area (Å²) in [6.45, 7) is 13.6. The fourth-order valence-electron chi connectivity index (χ4n) is 6.08. The van der Waals surface area contributed by atoms with Gasteiger partial charge in [0.25, 0.3) is 0 Å². The molecule has 0 bridgehead atoms. The number of hydrogen-bond donors (Lipinski definition) is 1. The molecule has 3 aliphatic rings. The molecule has 1 N–H and O–H groups in total. The SMILES string of the molecule is C.C.C1CCOC1.CCOCOCc1cc(Oc2ccc(OC)c(OC)c2)ccc1B1OC(C)(C)C(C)(C)O1.COc1ccc(Oc2ccc3c(c2)COB3O)cc1OC. The van der Waals surface area contributed by atoms with E-state index >= 15 is 0 Å². The smallest absolute Gasteiger partial charge is 0.493 e. The van der Waals surface area contributed by atoms with Crippen LogP contribution in [0.1, 0.15) is 73.4 Å². The molecule has 0 aliphatic carbocycles. The van der Waals surface area contributed by atoms with Crippen molar-refractivity contribution in [3.63, 3.8) is 0 Å². The van der Waals surface area contributed by atoms with Gasteiger partial charge < -0.3 is 61.6 Å². The van der Waals surface area contributed by atoms with Crippen LogP contribution in [0.4, 0.5) is 0 Å². The normalized spacial score (nSPS) is 15.5. The van der Waals surface area contributed by atoms with Crippen molar-refractivity contribution in [2.24, 2.45) is 0 Å². The van der Waals surface area contributed by atoms with Crippen molar-refractivity contribution in [3.05, 3.63) is 83.9 Å². The Bertz CT molecular complexity index is 1890. The molecule has 0 amide bonds. The molecule has 13 nitrogen and oxygen atoms in total. The lowest BCUT2D eigenvalue weighted by atomic mass is 9.76. The maximum atomic E-state index is 9.59. The van der Waals surface area contributed by atoms with Gasteiger partial charge in [-0.05, 0) is 118 Å². The zero-order chi connectivity index (χ0) is 41.7. The third-order valence-corrected chi connectivity index (χ3v) is 10.0. The van der Waals surface area contributed by atoms with Crippen LogP contribution in [0.3, 0.4) is 0 Å². The number of ether oxygens (including phenoxy) is 9. The Morgan fingerprint density at radius 1 is 0.617 bits per heavy atom. The summed E-state index contributed by atoms with van der Waals surface area (Å²) in [6.07, 6.45) is 2.56. The second-order valence-electron chi connectivity index (χ2n) is 14.5. The van der Waals surface area contributed by atoms with E-state index in [2.05, 4.69) is 0 Å². The van der Waals surface area contributed by atoms with Gasteiger partial charge in [-0.25, -0.2) is 0 Å². The average Bonchev–Trinajstić information content (AvgIpc) is 3.97. The molecule has 4 aromatic rings. The Hall–Kier alpha value is -4.47. The molecule has 0 radical (unpaired) electrons. The Morgan fingerprint density at radius 2 is 1.10 bits per heavy atom.